The molecule has 0 atom stereocenters. The van der Waals surface area contributed by atoms with Gasteiger partial charge in [0.15, 0.2) is 5.65 Å². The molecule has 6 heteroatoms. The molecule has 0 bridgehead atoms. The molecule has 2 aromatic heterocycles. The lowest BCUT2D eigenvalue weighted by Gasteiger charge is -2.28. The van der Waals surface area contributed by atoms with E-state index in [2.05, 4.69) is 28.6 Å². The van der Waals surface area contributed by atoms with Crippen molar-refractivity contribution in [2.24, 2.45) is 17.6 Å². The maximum absolute atomic E-state index is 11.5. The fraction of sp³-hybridized carbons (Fsp3) is 0.591. The minimum absolute atomic E-state index is 0.0518. The van der Waals surface area contributed by atoms with Crippen LogP contribution in [0.2, 0.25) is 0 Å². The number of carbonyl (C=O) groups is 1. The normalized spacial score (nSPS) is 26.4. The summed E-state index contributed by atoms with van der Waals surface area (Å²) in [5.74, 6) is 0.960. The number of rotatable bonds is 3. The van der Waals surface area contributed by atoms with Crippen LogP contribution < -0.4 is 5.73 Å². The summed E-state index contributed by atoms with van der Waals surface area (Å²) in [4.78, 5) is 23.6. The molecule has 6 nitrogen and oxygen atoms in total. The van der Waals surface area contributed by atoms with Crippen molar-refractivity contribution in [3.8, 4) is 0 Å². The Morgan fingerprint density at radius 2 is 1.86 bits per heavy atom. The number of fused-ring (bicyclic) bond motifs is 3. The number of primary amides is 1. The predicted molar refractivity (Wildman–Crippen MR) is 109 cm³/mol. The van der Waals surface area contributed by atoms with Crippen LogP contribution in [0, 0.1) is 11.8 Å². The van der Waals surface area contributed by atoms with Crippen molar-refractivity contribution in [2.75, 3.05) is 20.1 Å². The van der Waals surface area contributed by atoms with E-state index < -0.39 is 0 Å². The number of imidazole rings is 1. The summed E-state index contributed by atoms with van der Waals surface area (Å²) in [6, 6.07) is 0. The molecule has 1 saturated carbocycles. The van der Waals surface area contributed by atoms with Crippen molar-refractivity contribution in [2.45, 2.75) is 50.9 Å². The molecule has 28 heavy (non-hydrogen) atoms. The summed E-state index contributed by atoms with van der Waals surface area (Å²) in [5, 5.41) is 0. The zero-order chi connectivity index (χ0) is 19.3. The molecular weight excluding hydrogens is 350 g/mol. The van der Waals surface area contributed by atoms with Crippen LogP contribution in [0.5, 0.6) is 0 Å². The third-order valence-electron chi connectivity index (χ3n) is 7.10. The van der Waals surface area contributed by atoms with Crippen molar-refractivity contribution in [1.29, 1.82) is 0 Å². The van der Waals surface area contributed by atoms with Crippen molar-refractivity contribution in [1.82, 2.24) is 19.3 Å². The topological polar surface area (TPSA) is 76.5 Å². The fourth-order valence-corrected chi connectivity index (χ4v) is 5.33. The average Bonchev–Trinajstić information content (AvgIpc) is 3.32. The summed E-state index contributed by atoms with van der Waals surface area (Å²) in [6.07, 6.45) is 13.7. The summed E-state index contributed by atoms with van der Waals surface area (Å²) in [5.41, 5.74) is 11.5. The Morgan fingerprint density at radius 1 is 1.11 bits per heavy atom. The lowest BCUT2D eigenvalue weighted by molar-refractivity contribution is -0.122. The van der Waals surface area contributed by atoms with E-state index in [9.17, 15) is 4.79 Å². The van der Waals surface area contributed by atoms with Crippen LogP contribution in [-0.2, 0) is 11.2 Å². The van der Waals surface area contributed by atoms with Gasteiger partial charge in [0.1, 0.15) is 0 Å². The van der Waals surface area contributed by atoms with E-state index in [4.69, 9.17) is 15.7 Å². The molecule has 0 radical (unpaired) electrons. The number of piperidine rings is 1. The highest BCUT2D eigenvalue weighted by Crippen LogP contribution is 2.41. The Morgan fingerprint density at radius 3 is 2.57 bits per heavy atom. The van der Waals surface area contributed by atoms with Crippen LogP contribution in [0.15, 0.2) is 18.5 Å². The van der Waals surface area contributed by atoms with E-state index in [0.717, 1.165) is 56.5 Å². The van der Waals surface area contributed by atoms with Gasteiger partial charge in [0, 0.05) is 24.5 Å². The first kappa shape index (κ1) is 17.9. The van der Waals surface area contributed by atoms with E-state index in [0.29, 0.717) is 11.8 Å². The minimum Gasteiger partial charge on any atom is -0.369 e. The Hall–Kier alpha value is -2.21. The van der Waals surface area contributed by atoms with Gasteiger partial charge in [-0.2, -0.15) is 0 Å². The van der Waals surface area contributed by atoms with E-state index in [1.165, 1.54) is 29.8 Å². The van der Waals surface area contributed by atoms with Crippen molar-refractivity contribution in [3.63, 3.8) is 0 Å². The highest BCUT2D eigenvalue weighted by Gasteiger charge is 2.31. The molecule has 0 aromatic carbocycles. The van der Waals surface area contributed by atoms with Gasteiger partial charge < -0.3 is 10.6 Å². The summed E-state index contributed by atoms with van der Waals surface area (Å²) in [6.45, 7) is 2.28. The average molecular weight is 380 g/mol. The van der Waals surface area contributed by atoms with E-state index in [1.807, 2.05) is 6.20 Å². The number of amides is 1. The smallest absolute Gasteiger partial charge is 0.220 e. The molecule has 1 aliphatic heterocycles. The highest BCUT2D eigenvalue weighted by molar-refractivity contribution is 5.77. The number of hydrogen-bond donors (Lipinski definition) is 1. The molecule has 5 rings (SSSR count). The van der Waals surface area contributed by atoms with Gasteiger partial charge in [-0.15, -0.1) is 0 Å². The second-order valence-electron chi connectivity index (χ2n) is 8.84. The molecule has 3 aliphatic rings. The Kier molecular flexibility index (Phi) is 4.46. The number of hydrogen-bond acceptors (Lipinski definition) is 4. The number of carbonyl (C=O) groups excluding carboxylic acids is 1. The first-order valence-corrected chi connectivity index (χ1v) is 10.7. The first-order valence-electron chi connectivity index (χ1n) is 10.7. The summed E-state index contributed by atoms with van der Waals surface area (Å²) < 4.78 is 2.29. The van der Waals surface area contributed by atoms with Gasteiger partial charge in [-0.05, 0) is 70.2 Å². The molecule has 148 valence electrons. The van der Waals surface area contributed by atoms with Crippen LogP contribution in [0.25, 0.3) is 11.2 Å². The zero-order valence-corrected chi connectivity index (χ0v) is 16.6. The number of nitrogens with zero attached hydrogens (tertiary/aromatic N) is 4. The van der Waals surface area contributed by atoms with Crippen LogP contribution in [-0.4, -0.2) is 45.3 Å². The van der Waals surface area contributed by atoms with Crippen LogP contribution in [0.3, 0.4) is 0 Å². The zero-order valence-electron chi connectivity index (χ0n) is 16.6. The van der Waals surface area contributed by atoms with Gasteiger partial charge >= 0.3 is 0 Å². The Balaban J connectivity index is 1.43. The van der Waals surface area contributed by atoms with E-state index in [-0.39, 0.29) is 11.8 Å². The lowest BCUT2D eigenvalue weighted by atomic mass is 9.78. The molecule has 2 N–H and O–H groups in total. The monoisotopic (exact) mass is 379 g/mol. The first-order chi connectivity index (χ1) is 13.6. The standard InChI is InChI=1S/C22H29N5O/c1-26-10-8-15(9-11-26)19-13-27-20(25-19)12-24-18-7-6-17(21(18)27)14-2-4-16(5-3-14)22(23)28/h6,12-16H,2-5,7-11H2,1H3,(H2,23,28). The number of allylic oxidation sites excluding steroid dienone is 2. The number of aromatic nitrogens is 3. The van der Waals surface area contributed by atoms with Gasteiger partial charge in [0.25, 0.3) is 0 Å². The van der Waals surface area contributed by atoms with Gasteiger partial charge in [-0.25, -0.2) is 4.98 Å². The van der Waals surface area contributed by atoms with Crippen LogP contribution >= 0.6 is 0 Å². The van der Waals surface area contributed by atoms with Crippen LogP contribution in [0.4, 0.5) is 0 Å². The van der Waals surface area contributed by atoms with E-state index in [1.54, 1.807) is 0 Å². The second kappa shape index (κ2) is 6.99. The fourth-order valence-electron chi connectivity index (χ4n) is 5.33. The maximum atomic E-state index is 11.5. The highest BCUT2D eigenvalue weighted by atomic mass is 16.1. The van der Waals surface area contributed by atoms with Gasteiger partial charge in [0.2, 0.25) is 5.91 Å². The van der Waals surface area contributed by atoms with Gasteiger partial charge in [-0.1, -0.05) is 6.08 Å². The molecule has 3 heterocycles. The molecule has 2 aliphatic carbocycles. The molecule has 0 unspecified atom stereocenters. The van der Waals surface area contributed by atoms with Crippen LogP contribution in [0.1, 0.15) is 61.5 Å². The quantitative estimate of drug-likeness (QED) is 0.890. The minimum atomic E-state index is -0.138. The summed E-state index contributed by atoms with van der Waals surface area (Å²) in [7, 11) is 2.20. The van der Waals surface area contributed by atoms with E-state index >= 15 is 0 Å². The largest absolute Gasteiger partial charge is 0.369 e. The lowest BCUT2D eigenvalue weighted by Crippen LogP contribution is -2.29. The summed E-state index contributed by atoms with van der Waals surface area (Å²) >= 11 is 0. The number of likely N-dealkylation sites (tertiary alicyclic amines) is 1. The van der Waals surface area contributed by atoms with Crippen molar-refractivity contribution < 1.29 is 4.79 Å². The molecule has 0 spiro atoms. The molecule has 2 fully saturated rings. The van der Waals surface area contributed by atoms with Crippen molar-refractivity contribution in [3.05, 3.63) is 35.6 Å². The third-order valence-corrected chi connectivity index (χ3v) is 7.10. The molecular formula is C22H29N5O. The molecule has 2 aromatic rings. The molecule has 1 amide bonds. The Bertz CT molecular complexity index is 930. The third kappa shape index (κ3) is 3.04. The van der Waals surface area contributed by atoms with Gasteiger partial charge in [-0.3, -0.25) is 14.2 Å². The Labute approximate surface area is 165 Å². The number of nitrogens with two attached hydrogens (primary N) is 1. The predicted octanol–water partition coefficient (Wildman–Crippen LogP) is 2.77. The van der Waals surface area contributed by atoms with Gasteiger partial charge in [0.05, 0.1) is 23.3 Å². The SMILES string of the molecule is CN1CCC(c2cn3c4c(ncc3n2)CC=C4C2CCC(C(N)=O)CC2)CC1. The molecule has 1 saturated heterocycles. The van der Waals surface area contributed by atoms with Crippen molar-refractivity contribution >= 4 is 17.1 Å². The maximum Gasteiger partial charge on any atom is 0.220 e. The second-order valence-corrected chi connectivity index (χ2v) is 8.84.